The van der Waals surface area contributed by atoms with Crippen LogP contribution in [0.1, 0.15) is 34.3 Å². The fourth-order valence-corrected chi connectivity index (χ4v) is 2.08. The van der Waals surface area contributed by atoms with E-state index in [1.807, 2.05) is 6.07 Å². The molecule has 0 atom stereocenters. The first kappa shape index (κ1) is 10.0. The smallest absolute Gasteiger partial charge is 0.341 e. The molecule has 0 unspecified atom stereocenters. The number of methoxy groups -OCH3 is 1. The summed E-state index contributed by atoms with van der Waals surface area (Å²) in [5.41, 5.74) is 2.36. The van der Waals surface area contributed by atoms with Gasteiger partial charge in [-0.05, 0) is 42.9 Å². The van der Waals surface area contributed by atoms with Crippen molar-refractivity contribution in [3.8, 4) is 5.75 Å². The fraction of sp³-hybridized carbons (Fsp3) is 0.417. The maximum Gasteiger partial charge on any atom is 0.341 e. The van der Waals surface area contributed by atoms with Crippen molar-refractivity contribution in [3.05, 3.63) is 28.8 Å². The fourth-order valence-electron chi connectivity index (χ4n) is 2.08. The first-order valence-corrected chi connectivity index (χ1v) is 5.16. The Balaban J connectivity index is 2.47. The molecule has 0 aliphatic heterocycles. The molecule has 0 bridgehead atoms. The summed E-state index contributed by atoms with van der Waals surface area (Å²) in [4.78, 5) is 11.3. The van der Waals surface area contributed by atoms with Crippen LogP contribution in [0, 0.1) is 0 Å². The van der Waals surface area contributed by atoms with E-state index in [1.165, 1.54) is 7.11 Å². The quantitative estimate of drug-likeness (QED) is 0.715. The molecule has 3 heteroatoms. The Morgan fingerprint density at radius 2 is 2.07 bits per heavy atom. The van der Waals surface area contributed by atoms with Crippen molar-refractivity contribution in [3.63, 3.8) is 0 Å². The lowest BCUT2D eigenvalue weighted by Gasteiger charge is -2.18. The minimum Gasteiger partial charge on any atom is -0.507 e. The highest BCUT2D eigenvalue weighted by Crippen LogP contribution is 2.32. The summed E-state index contributed by atoms with van der Waals surface area (Å²) in [7, 11) is 1.32. The highest BCUT2D eigenvalue weighted by molar-refractivity contribution is 5.93. The van der Waals surface area contributed by atoms with Crippen molar-refractivity contribution in [1.29, 1.82) is 0 Å². The maximum absolute atomic E-state index is 11.3. The number of esters is 1. The Labute approximate surface area is 88.7 Å². The molecule has 0 saturated carbocycles. The molecule has 0 heterocycles. The van der Waals surface area contributed by atoms with Gasteiger partial charge in [0.2, 0.25) is 0 Å². The van der Waals surface area contributed by atoms with Gasteiger partial charge in [0.1, 0.15) is 11.3 Å². The highest BCUT2D eigenvalue weighted by Gasteiger charge is 2.19. The molecule has 1 aromatic rings. The molecule has 1 N–H and O–H groups in total. The van der Waals surface area contributed by atoms with Gasteiger partial charge in [0.15, 0.2) is 0 Å². The van der Waals surface area contributed by atoms with Crippen molar-refractivity contribution in [2.45, 2.75) is 25.7 Å². The second kappa shape index (κ2) is 3.93. The molecule has 0 spiro atoms. The van der Waals surface area contributed by atoms with Crippen molar-refractivity contribution in [1.82, 2.24) is 0 Å². The van der Waals surface area contributed by atoms with E-state index in [4.69, 9.17) is 0 Å². The average Bonchev–Trinajstić information content (AvgIpc) is 2.29. The maximum atomic E-state index is 11.3. The zero-order valence-corrected chi connectivity index (χ0v) is 8.75. The van der Waals surface area contributed by atoms with E-state index in [2.05, 4.69) is 4.74 Å². The molecule has 0 amide bonds. The molecule has 0 aromatic heterocycles. The number of fused-ring (bicyclic) bond motifs is 1. The third kappa shape index (κ3) is 1.69. The number of phenols is 1. The van der Waals surface area contributed by atoms with Gasteiger partial charge in [-0.15, -0.1) is 0 Å². The Kier molecular flexibility index (Phi) is 2.62. The van der Waals surface area contributed by atoms with Gasteiger partial charge in [-0.1, -0.05) is 6.07 Å². The molecule has 0 saturated heterocycles. The van der Waals surface area contributed by atoms with Gasteiger partial charge in [0.25, 0.3) is 0 Å². The highest BCUT2D eigenvalue weighted by atomic mass is 16.5. The molecule has 1 aromatic carbocycles. The van der Waals surface area contributed by atoms with Crippen LogP contribution < -0.4 is 0 Å². The summed E-state index contributed by atoms with van der Waals surface area (Å²) in [6, 6.07) is 3.56. The van der Waals surface area contributed by atoms with Gasteiger partial charge >= 0.3 is 5.97 Å². The molecule has 15 heavy (non-hydrogen) atoms. The van der Waals surface area contributed by atoms with Crippen LogP contribution in [0.3, 0.4) is 0 Å². The number of phenolic OH excluding ortho intramolecular Hbond substituents is 1. The predicted octanol–water partition coefficient (Wildman–Crippen LogP) is 2.06. The Bertz CT molecular complexity index is 396. The van der Waals surface area contributed by atoms with Crippen LogP contribution >= 0.6 is 0 Å². The zero-order valence-electron chi connectivity index (χ0n) is 8.75. The van der Waals surface area contributed by atoms with Crippen LogP contribution in [0.15, 0.2) is 12.1 Å². The molecule has 80 valence electrons. The standard InChI is InChI=1S/C12H14O3/c1-15-12(14)10-7-6-8-4-2-3-5-9(8)11(10)13/h6-7,13H,2-5H2,1H3. The molecule has 1 aliphatic carbocycles. The molecular formula is C12H14O3. The van der Waals surface area contributed by atoms with Crippen molar-refractivity contribution in [2.75, 3.05) is 7.11 Å². The first-order chi connectivity index (χ1) is 7.24. The minimum atomic E-state index is -0.471. The summed E-state index contributed by atoms with van der Waals surface area (Å²) < 4.78 is 4.61. The SMILES string of the molecule is COC(=O)c1ccc2c(c1O)CCCC2. The van der Waals surface area contributed by atoms with Crippen LogP contribution in [-0.2, 0) is 17.6 Å². The van der Waals surface area contributed by atoms with E-state index in [1.54, 1.807) is 6.07 Å². The van der Waals surface area contributed by atoms with Crippen LogP contribution in [0.25, 0.3) is 0 Å². The zero-order chi connectivity index (χ0) is 10.8. The third-order valence-corrected chi connectivity index (χ3v) is 2.91. The lowest BCUT2D eigenvalue weighted by molar-refractivity contribution is 0.0597. The van der Waals surface area contributed by atoms with E-state index in [0.29, 0.717) is 0 Å². The summed E-state index contributed by atoms with van der Waals surface area (Å²) in [6.07, 6.45) is 4.07. The third-order valence-electron chi connectivity index (χ3n) is 2.91. The average molecular weight is 206 g/mol. The number of aromatic hydroxyl groups is 1. The largest absolute Gasteiger partial charge is 0.507 e. The monoisotopic (exact) mass is 206 g/mol. The van der Waals surface area contributed by atoms with Crippen molar-refractivity contribution < 1.29 is 14.6 Å². The summed E-state index contributed by atoms with van der Waals surface area (Å²) in [5, 5.41) is 9.94. The van der Waals surface area contributed by atoms with Crippen LogP contribution in [0.2, 0.25) is 0 Å². The molecule has 2 rings (SSSR count). The molecule has 1 aliphatic rings. The van der Waals surface area contributed by atoms with Gasteiger partial charge in [-0.3, -0.25) is 0 Å². The normalized spacial score (nSPS) is 14.5. The van der Waals surface area contributed by atoms with Crippen LogP contribution in [0.4, 0.5) is 0 Å². The molecular weight excluding hydrogens is 192 g/mol. The van der Waals surface area contributed by atoms with E-state index in [0.717, 1.165) is 36.8 Å². The number of hydrogen-bond donors (Lipinski definition) is 1. The summed E-state index contributed by atoms with van der Waals surface area (Å²) in [6.45, 7) is 0. The Morgan fingerprint density at radius 3 is 2.80 bits per heavy atom. The second-order valence-corrected chi connectivity index (χ2v) is 3.80. The first-order valence-electron chi connectivity index (χ1n) is 5.16. The predicted molar refractivity (Wildman–Crippen MR) is 56.1 cm³/mol. The second-order valence-electron chi connectivity index (χ2n) is 3.80. The number of aryl methyl sites for hydroxylation is 1. The van der Waals surface area contributed by atoms with Crippen LogP contribution in [0.5, 0.6) is 5.75 Å². The number of hydrogen-bond acceptors (Lipinski definition) is 3. The van der Waals surface area contributed by atoms with Crippen LogP contribution in [-0.4, -0.2) is 18.2 Å². The number of carbonyl (C=O) groups excluding carboxylic acids is 1. The van der Waals surface area contributed by atoms with E-state index in [9.17, 15) is 9.90 Å². The van der Waals surface area contributed by atoms with Crippen molar-refractivity contribution >= 4 is 5.97 Å². The Morgan fingerprint density at radius 1 is 1.33 bits per heavy atom. The summed E-state index contributed by atoms with van der Waals surface area (Å²) >= 11 is 0. The van der Waals surface area contributed by atoms with E-state index in [-0.39, 0.29) is 11.3 Å². The number of benzene rings is 1. The summed E-state index contributed by atoms with van der Waals surface area (Å²) in [5.74, 6) is -0.361. The topological polar surface area (TPSA) is 46.5 Å². The Hall–Kier alpha value is -1.51. The van der Waals surface area contributed by atoms with Gasteiger partial charge in [-0.2, -0.15) is 0 Å². The van der Waals surface area contributed by atoms with Crippen molar-refractivity contribution in [2.24, 2.45) is 0 Å². The van der Waals surface area contributed by atoms with E-state index < -0.39 is 5.97 Å². The molecule has 0 radical (unpaired) electrons. The molecule has 3 nitrogen and oxygen atoms in total. The minimum absolute atomic E-state index is 0.110. The van der Waals surface area contributed by atoms with Gasteiger partial charge in [-0.25, -0.2) is 4.79 Å². The van der Waals surface area contributed by atoms with E-state index >= 15 is 0 Å². The lowest BCUT2D eigenvalue weighted by Crippen LogP contribution is -2.08. The van der Waals surface area contributed by atoms with Gasteiger partial charge in [0, 0.05) is 0 Å². The number of rotatable bonds is 1. The van der Waals surface area contributed by atoms with Gasteiger partial charge in [0.05, 0.1) is 7.11 Å². The molecule has 0 fully saturated rings. The lowest BCUT2D eigenvalue weighted by atomic mass is 9.89. The van der Waals surface area contributed by atoms with Gasteiger partial charge < -0.3 is 9.84 Å². The number of ether oxygens (including phenoxy) is 1. The number of carbonyl (C=O) groups is 1.